The number of carbonyl (C=O) groups is 1. The summed E-state index contributed by atoms with van der Waals surface area (Å²) in [6, 6.07) is -0.155. The van der Waals surface area contributed by atoms with Crippen molar-refractivity contribution in [2.24, 2.45) is 5.92 Å². The highest BCUT2D eigenvalue weighted by molar-refractivity contribution is 5.73. The molecule has 0 aromatic rings. The van der Waals surface area contributed by atoms with E-state index in [4.69, 9.17) is 0 Å². The molecular weight excluding hydrogens is 304 g/mol. The normalized spacial score (nSPS) is 24.1. The maximum atomic E-state index is 12.0. The quantitative estimate of drug-likeness (QED) is 0.637. The highest BCUT2D eigenvalue weighted by Crippen LogP contribution is 2.26. The topological polar surface area (TPSA) is 67.8 Å². The molecule has 1 saturated carbocycles. The molecular formula is C18H36N4O2. The number of rotatable bonds is 6. The van der Waals surface area contributed by atoms with Crippen molar-refractivity contribution in [2.75, 3.05) is 52.9 Å². The minimum Gasteiger partial charge on any atom is -0.388 e. The fourth-order valence-electron chi connectivity index (χ4n) is 3.67. The Labute approximate surface area is 147 Å². The first kappa shape index (κ1) is 19.5. The van der Waals surface area contributed by atoms with E-state index in [0.29, 0.717) is 19.0 Å². The van der Waals surface area contributed by atoms with Gasteiger partial charge < -0.3 is 25.5 Å². The molecule has 2 fully saturated rings. The number of urea groups is 1. The Morgan fingerprint density at radius 1 is 1.08 bits per heavy atom. The molecule has 140 valence electrons. The molecule has 3 N–H and O–H groups in total. The van der Waals surface area contributed by atoms with Crippen LogP contribution in [0.3, 0.4) is 0 Å². The summed E-state index contributed by atoms with van der Waals surface area (Å²) in [6.07, 6.45) is 6.10. The van der Waals surface area contributed by atoms with Gasteiger partial charge in [0, 0.05) is 45.8 Å². The second-order valence-corrected chi connectivity index (χ2v) is 7.91. The molecule has 0 aromatic carbocycles. The Morgan fingerprint density at radius 2 is 1.71 bits per heavy atom. The maximum Gasteiger partial charge on any atom is 0.314 e. The fraction of sp³-hybridized carbons (Fsp3) is 0.944. The number of nitrogens with one attached hydrogen (secondary N) is 2. The van der Waals surface area contributed by atoms with E-state index in [-0.39, 0.29) is 6.03 Å². The lowest BCUT2D eigenvalue weighted by atomic mass is 9.95. The van der Waals surface area contributed by atoms with E-state index in [1.807, 2.05) is 0 Å². The van der Waals surface area contributed by atoms with Crippen molar-refractivity contribution >= 4 is 6.03 Å². The summed E-state index contributed by atoms with van der Waals surface area (Å²) < 4.78 is 0. The van der Waals surface area contributed by atoms with Gasteiger partial charge in [-0.15, -0.1) is 0 Å². The molecule has 1 aliphatic heterocycles. The lowest BCUT2D eigenvalue weighted by Crippen LogP contribution is -2.49. The van der Waals surface area contributed by atoms with Crippen LogP contribution in [0.15, 0.2) is 0 Å². The van der Waals surface area contributed by atoms with Gasteiger partial charge in [0.05, 0.1) is 5.60 Å². The van der Waals surface area contributed by atoms with Crippen molar-refractivity contribution < 1.29 is 9.90 Å². The largest absolute Gasteiger partial charge is 0.388 e. The van der Waals surface area contributed by atoms with Gasteiger partial charge >= 0.3 is 6.03 Å². The SMILES string of the molecule is C[C@@H](CNC(=O)NCC1(O)CCCCCC1)CN1CCN(C)CC1. The summed E-state index contributed by atoms with van der Waals surface area (Å²) in [5, 5.41) is 16.4. The number of nitrogens with zero attached hydrogens (tertiary/aromatic N) is 2. The predicted octanol–water partition coefficient (Wildman–Crippen LogP) is 1.25. The fourth-order valence-corrected chi connectivity index (χ4v) is 3.67. The van der Waals surface area contributed by atoms with Crippen LogP contribution in [0.1, 0.15) is 45.4 Å². The minimum atomic E-state index is -0.709. The average molecular weight is 341 g/mol. The second-order valence-electron chi connectivity index (χ2n) is 7.91. The first-order chi connectivity index (χ1) is 11.5. The third-order valence-corrected chi connectivity index (χ3v) is 5.39. The van der Waals surface area contributed by atoms with Crippen molar-refractivity contribution in [2.45, 2.75) is 51.0 Å². The standard InChI is InChI=1S/C18H36N4O2/c1-16(14-22-11-9-21(2)10-12-22)13-19-17(23)20-15-18(24)7-5-3-4-6-8-18/h16,24H,3-15H2,1-2H3,(H2,19,20,23)/t16-/m0/s1. The second kappa shape index (κ2) is 9.59. The van der Waals surface area contributed by atoms with Crippen LogP contribution in [0.5, 0.6) is 0 Å². The van der Waals surface area contributed by atoms with E-state index in [9.17, 15) is 9.90 Å². The van der Waals surface area contributed by atoms with E-state index in [2.05, 4.69) is 34.4 Å². The van der Waals surface area contributed by atoms with Crippen LogP contribution in [-0.4, -0.2) is 79.4 Å². The molecule has 2 amide bonds. The third-order valence-electron chi connectivity index (χ3n) is 5.39. The Balaban J connectivity index is 1.60. The van der Waals surface area contributed by atoms with Crippen molar-refractivity contribution in [3.63, 3.8) is 0 Å². The van der Waals surface area contributed by atoms with Crippen molar-refractivity contribution in [3.05, 3.63) is 0 Å². The van der Waals surface area contributed by atoms with Crippen LogP contribution in [0.25, 0.3) is 0 Å². The Morgan fingerprint density at radius 3 is 2.33 bits per heavy atom. The van der Waals surface area contributed by atoms with E-state index >= 15 is 0 Å². The van der Waals surface area contributed by atoms with Crippen molar-refractivity contribution in [3.8, 4) is 0 Å². The summed E-state index contributed by atoms with van der Waals surface area (Å²) in [6.45, 7) is 8.72. The van der Waals surface area contributed by atoms with Crippen LogP contribution < -0.4 is 10.6 Å². The van der Waals surface area contributed by atoms with Gasteiger partial charge in [0.1, 0.15) is 0 Å². The molecule has 2 rings (SSSR count). The molecule has 1 saturated heterocycles. The van der Waals surface area contributed by atoms with Crippen LogP contribution in [0.2, 0.25) is 0 Å². The molecule has 1 heterocycles. The average Bonchev–Trinajstić information content (AvgIpc) is 2.78. The molecule has 0 spiro atoms. The molecule has 6 heteroatoms. The molecule has 1 atom stereocenters. The lowest BCUT2D eigenvalue weighted by Gasteiger charge is -2.34. The molecule has 0 bridgehead atoms. The van der Waals surface area contributed by atoms with Gasteiger partial charge in [0.2, 0.25) is 0 Å². The van der Waals surface area contributed by atoms with E-state index in [1.54, 1.807) is 0 Å². The zero-order valence-corrected chi connectivity index (χ0v) is 15.5. The molecule has 1 aliphatic carbocycles. The zero-order chi connectivity index (χ0) is 17.4. The first-order valence-electron chi connectivity index (χ1n) is 9.62. The first-order valence-corrected chi connectivity index (χ1v) is 9.62. The Hall–Kier alpha value is -0.850. The number of aliphatic hydroxyl groups is 1. The van der Waals surface area contributed by atoms with E-state index in [0.717, 1.165) is 58.4 Å². The molecule has 0 aromatic heterocycles. The number of hydrogen-bond acceptors (Lipinski definition) is 4. The smallest absolute Gasteiger partial charge is 0.314 e. The number of likely N-dealkylation sites (N-methyl/N-ethyl adjacent to an activating group) is 1. The third kappa shape index (κ3) is 6.95. The monoisotopic (exact) mass is 340 g/mol. The minimum absolute atomic E-state index is 0.155. The van der Waals surface area contributed by atoms with Gasteiger partial charge in [-0.05, 0) is 25.8 Å². The molecule has 0 unspecified atom stereocenters. The van der Waals surface area contributed by atoms with Gasteiger partial charge in [-0.1, -0.05) is 32.6 Å². The summed E-state index contributed by atoms with van der Waals surface area (Å²) in [5.74, 6) is 0.431. The Bertz CT molecular complexity index is 375. The summed E-state index contributed by atoms with van der Waals surface area (Å²) >= 11 is 0. The van der Waals surface area contributed by atoms with Gasteiger partial charge in [0.15, 0.2) is 0 Å². The van der Waals surface area contributed by atoms with Gasteiger partial charge in [-0.25, -0.2) is 4.79 Å². The van der Waals surface area contributed by atoms with Gasteiger partial charge in [-0.2, -0.15) is 0 Å². The number of carbonyl (C=O) groups excluding carboxylic acids is 1. The zero-order valence-electron chi connectivity index (χ0n) is 15.5. The maximum absolute atomic E-state index is 12.0. The summed E-state index contributed by atoms with van der Waals surface area (Å²) in [4.78, 5) is 16.8. The van der Waals surface area contributed by atoms with Crippen molar-refractivity contribution in [1.82, 2.24) is 20.4 Å². The highest BCUT2D eigenvalue weighted by Gasteiger charge is 2.28. The van der Waals surface area contributed by atoms with Gasteiger partial charge in [-0.3, -0.25) is 0 Å². The summed E-state index contributed by atoms with van der Waals surface area (Å²) in [5.41, 5.74) is -0.709. The van der Waals surface area contributed by atoms with E-state index in [1.165, 1.54) is 12.8 Å². The molecule has 6 nitrogen and oxygen atoms in total. The van der Waals surface area contributed by atoms with Gasteiger partial charge in [0.25, 0.3) is 0 Å². The van der Waals surface area contributed by atoms with E-state index < -0.39 is 5.60 Å². The lowest BCUT2D eigenvalue weighted by molar-refractivity contribution is 0.0276. The molecule has 24 heavy (non-hydrogen) atoms. The summed E-state index contributed by atoms with van der Waals surface area (Å²) in [7, 11) is 2.16. The highest BCUT2D eigenvalue weighted by atomic mass is 16.3. The Kier molecular flexibility index (Phi) is 7.78. The molecule has 2 aliphatic rings. The van der Waals surface area contributed by atoms with Crippen LogP contribution >= 0.6 is 0 Å². The van der Waals surface area contributed by atoms with Crippen molar-refractivity contribution in [1.29, 1.82) is 0 Å². The van der Waals surface area contributed by atoms with Crippen LogP contribution in [-0.2, 0) is 0 Å². The predicted molar refractivity (Wildman–Crippen MR) is 97.2 cm³/mol. The van der Waals surface area contributed by atoms with Crippen LogP contribution in [0.4, 0.5) is 4.79 Å². The molecule has 0 radical (unpaired) electrons. The number of hydrogen-bond donors (Lipinski definition) is 3. The number of amides is 2. The van der Waals surface area contributed by atoms with Crippen LogP contribution in [0, 0.1) is 5.92 Å². The number of piperazine rings is 1.